The van der Waals surface area contributed by atoms with Gasteiger partial charge in [-0.25, -0.2) is 14.1 Å². The summed E-state index contributed by atoms with van der Waals surface area (Å²) < 4.78 is 27.5. The maximum Gasteiger partial charge on any atom is 0.293 e. The Kier molecular flexibility index (Phi) is 9.20. The number of aliphatic hydroxyl groups is 1. The summed E-state index contributed by atoms with van der Waals surface area (Å²) in [6, 6.07) is 16.1. The Bertz CT molecular complexity index is 1610. The van der Waals surface area contributed by atoms with E-state index in [0.29, 0.717) is 36.9 Å². The van der Waals surface area contributed by atoms with Crippen LogP contribution in [0.4, 0.5) is 4.39 Å². The second-order valence-corrected chi connectivity index (χ2v) is 12.5. The van der Waals surface area contributed by atoms with Crippen LogP contribution in [0.1, 0.15) is 85.7 Å². The van der Waals surface area contributed by atoms with Crippen molar-refractivity contribution in [2.24, 2.45) is 0 Å². The lowest BCUT2D eigenvalue weighted by Gasteiger charge is -2.19. The molecule has 232 valence electrons. The van der Waals surface area contributed by atoms with Crippen LogP contribution in [-0.2, 0) is 22.5 Å². The summed E-state index contributed by atoms with van der Waals surface area (Å²) in [6.07, 6.45) is 3.78. The molecule has 6 rings (SSSR count). The third kappa shape index (κ3) is 7.02. The number of nitrogens with zero attached hydrogens (tertiary/aromatic N) is 3. The maximum absolute atomic E-state index is 15.2. The first-order valence-electron chi connectivity index (χ1n) is 15.4. The summed E-state index contributed by atoms with van der Waals surface area (Å²) in [5.41, 5.74) is 7.52. The summed E-state index contributed by atoms with van der Waals surface area (Å²) in [7, 11) is 0. The molecule has 0 aliphatic heterocycles. The molecule has 1 N–H and O–H groups in total. The number of carbonyl (C=O) groups excluding carboxylic acids is 1. The molecule has 0 amide bonds. The number of aryl methyl sites for hydroxylation is 3. The lowest BCUT2D eigenvalue weighted by atomic mass is 9.89. The third-order valence-corrected chi connectivity index (χ3v) is 8.18. The van der Waals surface area contributed by atoms with E-state index in [9.17, 15) is 9.90 Å². The summed E-state index contributed by atoms with van der Waals surface area (Å²) >= 11 is 0. The molecular formula is C36H42FN3O4. The molecule has 8 heteroatoms. The number of hydrogen-bond donors (Lipinski definition) is 1. The number of benzene rings is 3. The molecule has 1 atom stereocenters. The summed E-state index contributed by atoms with van der Waals surface area (Å²) in [5, 5.41) is 14.9. The van der Waals surface area contributed by atoms with Gasteiger partial charge in [0.15, 0.2) is 5.82 Å². The highest BCUT2D eigenvalue weighted by Gasteiger charge is 2.31. The molecule has 1 fully saturated rings. The van der Waals surface area contributed by atoms with Gasteiger partial charge in [0.1, 0.15) is 23.5 Å². The molecule has 0 radical (unpaired) electrons. The molecular weight excluding hydrogens is 557 g/mol. The fourth-order valence-electron chi connectivity index (χ4n) is 6.07. The molecule has 0 spiro atoms. The zero-order chi connectivity index (χ0) is 31.6. The minimum atomic E-state index is -0.879. The van der Waals surface area contributed by atoms with Crippen molar-refractivity contribution in [2.45, 2.75) is 91.4 Å². The van der Waals surface area contributed by atoms with Gasteiger partial charge in [0, 0.05) is 11.1 Å². The van der Waals surface area contributed by atoms with Crippen LogP contribution in [0, 0.1) is 26.6 Å². The summed E-state index contributed by atoms with van der Waals surface area (Å²) in [6.45, 7) is 12.6. The second-order valence-electron chi connectivity index (χ2n) is 12.5. The fraction of sp³-hybridized carbons (Fsp3) is 0.417. The van der Waals surface area contributed by atoms with E-state index in [4.69, 9.17) is 4.74 Å². The molecule has 44 heavy (non-hydrogen) atoms. The van der Waals surface area contributed by atoms with Crippen LogP contribution in [0.5, 0.6) is 5.75 Å². The van der Waals surface area contributed by atoms with Gasteiger partial charge in [-0.2, -0.15) is 5.10 Å². The monoisotopic (exact) mass is 599 g/mol. The third-order valence-electron chi connectivity index (χ3n) is 8.18. The first kappa shape index (κ1) is 31.4. The molecule has 3 aromatic carbocycles. The highest BCUT2D eigenvalue weighted by atomic mass is 19.1. The summed E-state index contributed by atoms with van der Waals surface area (Å²) in [5.74, 6) is 2.70. The average Bonchev–Trinajstić information content (AvgIpc) is 3.64. The van der Waals surface area contributed by atoms with Gasteiger partial charge in [-0.1, -0.05) is 18.2 Å². The van der Waals surface area contributed by atoms with Gasteiger partial charge < -0.3 is 14.6 Å². The highest BCUT2D eigenvalue weighted by Crippen LogP contribution is 2.44. The van der Waals surface area contributed by atoms with Crippen molar-refractivity contribution in [2.75, 3.05) is 6.61 Å². The molecule has 1 saturated carbocycles. The van der Waals surface area contributed by atoms with Gasteiger partial charge in [0.25, 0.3) is 6.47 Å². The lowest BCUT2D eigenvalue weighted by Crippen LogP contribution is -2.27. The molecule has 0 saturated heterocycles. The minimum Gasteiger partial charge on any atom is -0.486 e. The Balaban J connectivity index is 0.000000712. The lowest BCUT2D eigenvalue weighted by molar-refractivity contribution is -0.128. The zero-order valence-electron chi connectivity index (χ0n) is 26.5. The molecule has 7 nitrogen and oxygen atoms in total. The number of aromatic nitrogens is 3. The van der Waals surface area contributed by atoms with Gasteiger partial charge in [-0.15, -0.1) is 0 Å². The summed E-state index contributed by atoms with van der Waals surface area (Å²) in [4.78, 5) is 13.8. The van der Waals surface area contributed by atoms with E-state index in [-0.39, 0.29) is 11.9 Å². The Labute approximate surface area is 259 Å². The predicted octanol–water partition coefficient (Wildman–Crippen LogP) is 7.57. The van der Waals surface area contributed by atoms with E-state index >= 15 is 4.39 Å². The number of carbonyl (C=O) groups is 1. The number of ether oxygens (including phenoxy) is 2. The number of fused-ring (bicyclic) bond motifs is 1. The van der Waals surface area contributed by atoms with Crippen LogP contribution < -0.4 is 4.74 Å². The molecule has 1 heterocycles. The molecule has 0 bridgehead atoms. The number of rotatable bonds is 9. The standard InChI is InChI=1S/C33H36FN3O2.C3H6O2/c1-19-16-24(32-35-21(3)37(36-32)18-33(4,5)38)17-20(2)30(19)26-12-14-28(34)31-27(26)13-15-29(31)39-25-10-8-23(9-11-25)22-6-7-22;1-2-5-3-4/h8-12,14,16-17,22,29,38H,6-7,13,15,18H2,1-5H3;3H,2H2,1H3. The van der Waals surface area contributed by atoms with Crippen LogP contribution in [0.3, 0.4) is 0 Å². The fourth-order valence-corrected chi connectivity index (χ4v) is 6.07. The quantitative estimate of drug-likeness (QED) is 0.200. The van der Waals surface area contributed by atoms with E-state index < -0.39 is 5.60 Å². The zero-order valence-corrected chi connectivity index (χ0v) is 26.5. The van der Waals surface area contributed by atoms with Crippen molar-refractivity contribution < 1.29 is 23.8 Å². The molecule has 4 aromatic rings. The van der Waals surface area contributed by atoms with Crippen molar-refractivity contribution in [1.82, 2.24) is 14.8 Å². The van der Waals surface area contributed by atoms with E-state index in [1.54, 1.807) is 31.5 Å². The van der Waals surface area contributed by atoms with Crippen molar-refractivity contribution in [1.29, 1.82) is 0 Å². The van der Waals surface area contributed by atoms with E-state index in [2.05, 4.69) is 52.9 Å². The Morgan fingerprint density at radius 1 is 1.05 bits per heavy atom. The van der Waals surface area contributed by atoms with Crippen LogP contribution in [0.15, 0.2) is 48.5 Å². The molecule has 2 aliphatic carbocycles. The molecule has 2 aliphatic rings. The van der Waals surface area contributed by atoms with Crippen LogP contribution in [0.25, 0.3) is 22.5 Å². The van der Waals surface area contributed by atoms with Gasteiger partial charge >= 0.3 is 0 Å². The Morgan fingerprint density at radius 2 is 1.73 bits per heavy atom. The Hall–Kier alpha value is -4.04. The largest absolute Gasteiger partial charge is 0.486 e. The average molecular weight is 600 g/mol. The highest BCUT2D eigenvalue weighted by molar-refractivity contribution is 5.78. The van der Waals surface area contributed by atoms with Crippen LogP contribution >= 0.6 is 0 Å². The van der Waals surface area contributed by atoms with Crippen molar-refractivity contribution in [3.63, 3.8) is 0 Å². The van der Waals surface area contributed by atoms with Gasteiger partial charge in [0.2, 0.25) is 0 Å². The van der Waals surface area contributed by atoms with Crippen LogP contribution in [0.2, 0.25) is 0 Å². The minimum absolute atomic E-state index is 0.199. The molecule has 1 unspecified atom stereocenters. The van der Waals surface area contributed by atoms with E-state index in [1.165, 1.54) is 18.4 Å². The van der Waals surface area contributed by atoms with E-state index in [0.717, 1.165) is 57.8 Å². The predicted molar refractivity (Wildman–Crippen MR) is 169 cm³/mol. The number of hydrogen-bond acceptors (Lipinski definition) is 6. The van der Waals surface area contributed by atoms with Crippen LogP contribution in [-0.4, -0.2) is 38.6 Å². The van der Waals surface area contributed by atoms with Gasteiger partial charge in [0.05, 0.1) is 18.8 Å². The topological polar surface area (TPSA) is 86.5 Å². The second kappa shape index (κ2) is 12.9. The van der Waals surface area contributed by atoms with Gasteiger partial charge in [-0.3, -0.25) is 4.79 Å². The normalized spacial score (nSPS) is 15.8. The van der Waals surface area contributed by atoms with Crippen molar-refractivity contribution in [3.05, 3.63) is 88.0 Å². The van der Waals surface area contributed by atoms with Gasteiger partial charge in [-0.05, 0) is 137 Å². The maximum atomic E-state index is 15.2. The van der Waals surface area contributed by atoms with Crippen molar-refractivity contribution in [3.8, 4) is 28.3 Å². The molecule has 1 aromatic heterocycles. The number of halogens is 1. The van der Waals surface area contributed by atoms with E-state index in [1.807, 2.05) is 25.1 Å². The first-order valence-corrected chi connectivity index (χ1v) is 15.4. The van der Waals surface area contributed by atoms with Crippen molar-refractivity contribution >= 4 is 6.47 Å². The smallest absolute Gasteiger partial charge is 0.293 e. The Morgan fingerprint density at radius 3 is 2.30 bits per heavy atom. The SMILES string of the molecule is CCOC=O.Cc1cc(-c2nc(C)n(CC(C)(C)O)n2)cc(C)c1-c1ccc(F)c2c1CCC2Oc1ccc(C2CC2)cc1. The first-order chi connectivity index (χ1) is 21.0.